The van der Waals surface area contributed by atoms with E-state index in [1.807, 2.05) is 0 Å². The normalized spacial score (nSPS) is 10.7. The number of phenols is 1. The van der Waals surface area contributed by atoms with E-state index in [0.29, 0.717) is 29.2 Å². The van der Waals surface area contributed by atoms with Gasteiger partial charge in [0.1, 0.15) is 0 Å². The number of benzene rings is 2. The van der Waals surface area contributed by atoms with E-state index in [-0.39, 0.29) is 11.5 Å². The van der Waals surface area contributed by atoms with E-state index in [1.165, 1.54) is 19.2 Å². The lowest BCUT2D eigenvalue weighted by Crippen LogP contribution is -2.13. The highest BCUT2D eigenvalue weighted by Crippen LogP contribution is 2.33. The smallest absolute Gasteiger partial charge is 0.162 e. The first-order valence-corrected chi connectivity index (χ1v) is 6.59. The van der Waals surface area contributed by atoms with E-state index < -0.39 is 11.6 Å². The highest BCUT2D eigenvalue weighted by atomic mass is 35.5. The summed E-state index contributed by atoms with van der Waals surface area (Å²) in [6, 6.07) is 6.81. The Morgan fingerprint density at radius 2 is 1.90 bits per heavy atom. The van der Waals surface area contributed by atoms with Crippen LogP contribution in [0.2, 0.25) is 5.02 Å². The molecule has 2 aromatic rings. The zero-order valence-corrected chi connectivity index (χ0v) is 12.0. The molecule has 0 aromatic heterocycles. The second kappa shape index (κ2) is 6.74. The van der Waals surface area contributed by atoms with Gasteiger partial charge in [0.05, 0.1) is 7.11 Å². The summed E-state index contributed by atoms with van der Waals surface area (Å²) < 4.78 is 30.9. The highest BCUT2D eigenvalue weighted by molar-refractivity contribution is 6.30. The first-order valence-electron chi connectivity index (χ1n) is 6.21. The lowest BCUT2D eigenvalue weighted by Gasteiger charge is -2.11. The molecule has 0 unspecified atom stereocenters. The molecule has 2 aromatic carbocycles. The highest BCUT2D eigenvalue weighted by Gasteiger charge is 2.10. The van der Waals surface area contributed by atoms with Gasteiger partial charge in [-0.15, -0.1) is 0 Å². The van der Waals surface area contributed by atoms with Gasteiger partial charge in [0.25, 0.3) is 0 Å². The average molecular weight is 314 g/mol. The van der Waals surface area contributed by atoms with Crippen molar-refractivity contribution < 1.29 is 18.6 Å². The maximum atomic E-state index is 13.1. The van der Waals surface area contributed by atoms with Crippen LogP contribution in [0.15, 0.2) is 30.3 Å². The van der Waals surface area contributed by atoms with Crippen LogP contribution < -0.4 is 10.1 Å². The Bertz CT molecular complexity index is 650. The molecule has 3 nitrogen and oxygen atoms in total. The van der Waals surface area contributed by atoms with E-state index in [2.05, 4.69) is 5.32 Å². The molecule has 0 fully saturated rings. The molecule has 0 spiro atoms. The molecule has 0 aliphatic rings. The molecule has 0 aliphatic heterocycles. The van der Waals surface area contributed by atoms with Crippen molar-refractivity contribution in [3.8, 4) is 11.5 Å². The summed E-state index contributed by atoms with van der Waals surface area (Å²) in [6.45, 7) is 0.632. The lowest BCUT2D eigenvalue weighted by molar-refractivity contribution is 0.369. The zero-order valence-electron chi connectivity index (χ0n) is 11.3. The molecule has 2 rings (SSSR count). The Kier molecular flexibility index (Phi) is 4.98. The molecule has 0 aliphatic carbocycles. The molecule has 0 heterocycles. The van der Waals surface area contributed by atoms with Crippen LogP contribution in [0, 0.1) is 11.6 Å². The molecular weight excluding hydrogens is 300 g/mol. The number of hydrogen-bond acceptors (Lipinski definition) is 3. The monoisotopic (exact) mass is 313 g/mol. The van der Waals surface area contributed by atoms with Crippen LogP contribution in [-0.4, -0.2) is 12.2 Å². The fourth-order valence-electron chi connectivity index (χ4n) is 1.91. The van der Waals surface area contributed by atoms with E-state index in [4.69, 9.17) is 16.3 Å². The van der Waals surface area contributed by atoms with E-state index >= 15 is 0 Å². The quantitative estimate of drug-likeness (QED) is 0.886. The number of methoxy groups -OCH3 is 1. The maximum Gasteiger partial charge on any atom is 0.162 e. The van der Waals surface area contributed by atoms with Crippen LogP contribution in [0.25, 0.3) is 0 Å². The molecule has 6 heteroatoms. The van der Waals surface area contributed by atoms with Gasteiger partial charge in [0.15, 0.2) is 23.1 Å². The third-order valence-electron chi connectivity index (χ3n) is 2.97. The summed E-state index contributed by atoms with van der Waals surface area (Å²) in [6.07, 6.45) is 0. The first kappa shape index (κ1) is 15.5. The van der Waals surface area contributed by atoms with Crippen LogP contribution in [0.4, 0.5) is 8.78 Å². The predicted molar refractivity (Wildman–Crippen MR) is 76.6 cm³/mol. The topological polar surface area (TPSA) is 41.5 Å². The van der Waals surface area contributed by atoms with Gasteiger partial charge in [-0.2, -0.15) is 0 Å². The van der Waals surface area contributed by atoms with Crippen molar-refractivity contribution in [1.82, 2.24) is 5.32 Å². The number of ether oxygens (including phenoxy) is 1. The Hall–Kier alpha value is -1.85. The average Bonchev–Trinajstić information content (AvgIpc) is 2.46. The van der Waals surface area contributed by atoms with Gasteiger partial charge in [-0.25, -0.2) is 8.78 Å². The van der Waals surface area contributed by atoms with Crippen LogP contribution in [0.3, 0.4) is 0 Å². The Morgan fingerprint density at radius 3 is 2.57 bits per heavy atom. The molecule has 0 atom stereocenters. The molecule has 0 amide bonds. The summed E-state index contributed by atoms with van der Waals surface area (Å²) in [4.78, 5) is 0. The van der Waals surface area contributed by atoms with E-state index in [9.17, 15) is 13.9 Å². The third kappa shape index (κ3) is 3.83. The van der Waals surface area contributed by atoms with Crippen molar-refractivity contribution in [2.75, 3.05) is 7.11 Å². The first-order chi connectivity index (χ1) is 10.0. The Morgan fingerprint density at radius 1 is 1.14 bits per heavy atom. The Balaban J connectivity index is 2.03. The van der Waals surface area contributed by atoms with Gasteiger partial charge in [-0.05, 0) is 23.8 Å². The van der Waals surface area contributed by atoms with Crippen molar-refractivity contribution in [1.29, 1.82) is 0 Å². The molecule has 21 heavy (non-hydrogen) atoms. The van der Waals surface area contributed by atoms with Gasteiger partial charge >= 0.3 is 0 Å². The molecular formula is C15H14ClF2NO2. The summed E-state index contributed by atoms with van der Waals surface area (Å²) in [5, 5.41) is 13.4. The number of hydrogen-bond donors (Lipinski definition) is 2. The molecule has 0 radical (unpaired) electrons. The number of rotatable bonds is 5. The number of phenolic OH excluding ortho intramolecular Hbond substituents is 1. The third-order valence-corrected chi connectivity index (χ3v) is 3.19. The van der Waals surface area contributed by atoms with Gasteiger partial charge in [0.2, 0.25) is 0 Å². The summed E-state index contributed by atoms with van der Waals surface area (Å²) in [5.74, 6) is -1.48. The van der Waals surface area contributed by atoms with Gasteiger partial charge in [-0.3, -0.25) is 0 Å². The standard InChI is InChI=1S/C15H14ClF2NO2/c1-21-14-6-11(16)5-10(15(14)20)8-19-7-9-2-3-12(17)13(18)4-9/h2-6,19-20H,7-8H2,1H3. The van der Waals surface area contributed by atoms with Crippen LogP contribution in [0.1, 0.15) is 11.1 Å². The molecule has 2 N–H and O–H groups in total. The fraction of sp³-hybridized carbons (Fsp3) is 0.200. The minimum absolute atomic E-state index is 0.000290. The number of halogens is 3. The minimum Gasteiger partial charge on any atom is -0.504 e. The molecule has 0 saturated heterocycles. The van der Waals surface area contributed by atoms with Gasteiger partial charge in [-0.1, -0.05) is 17.7 Å². The summed E-state index contributed by atoms with van der Waals surface area (Å²) in [5.41, 5.74) is 1.16. The fourth-order valence-corrected chi connectivity index (χ4v) is 2.14. The van der Waals surface area contributed by atoms with Gasteiger partial charge in [0, 0.05) is 29.7 Å². The van der Waals surface area contributed by atoms with E-state index in [0.717, 1.165) is 12.1 Å². The van der Waals surface area contributed by atoms with Crippen LogP contribution >= 0.6 is 11.6 Å². The van der Waals surface area contributed by atoms with Crippen LogP contribution in [-0.2, 0) is 13.1 Å². The minimum atomic E-state index is -0.887. The van der Waals surface area contributed by atoms with Crippen molar-refractivity contribution in [2.45, 2.75) is 13.1 Å². The zero-order chi connectivity index (χ0) is 15.4. The van der Waals surface area contributed by atoms with Gasteiger partial charge < -0.3 is 15.2 Å². The second-order valence-electron chi connectivity index (χ2n) is 4.47. The molecule has 0 saturated carbocycles. The largest absolute Gasteiger partial charge is 0.504 e. The lowest BCUT2D eigenvalue weighted by atomic mass is 10.1. The second-order valence-corrected chi connectivity index (χ2v) is 4.90. The number of aromatic hydroxyl groups is 1. The maximum absolute atomic E-state index is 13.1. The molecule has 0 bridgehead atoms. The van der Waals surface area contributed by atoms with Crippen molar-refractivity contribution in [3.05, 3.63) is 58.1 Å². The van der Waals surface area contributed by atoms with Crippen molar-refractivity contribution >= 4 is 11.6 Å². The SMILES string of the molecule is COc1cc(Cl)cc(CNCc2ccc(F)c(F)c2)c1O. The summed E-state index contributed by atoms with van der Waals surface area (Å²) in [7, 11) is 1.43. The number of nitrogens with one attached hydrogen (secondary N) is 1. The summed E-state index contributed by atoms with van der Waals surface area (Å²) >= 11 is 5.92. The van der Waals surface area contributed by atoms with Crippen molar-refractivity contribution in [2.24, 2.45) is 0 Å². The Labute approximate surface area is 126 Å². The van der Waals surface area contributed by atoms with E-state index in [1.54, 1.807) is 6.07 Å². The van der Waals surface area contributed by atoms with Crippen molar-refractivity contribution in [3.63, 3.8) is 0 Å². The molecule has 112 valence electrons. The predicted octanol–water partition coefficient (Wildman–Crippen LogP) is 3.62. The van der Waals surface area contributed by atoms with Crippen LogP contribution in [0.5, 0.6) is 11.5 Å².